The fourth-order valence-electron chi connectivity index (χ4n) is 3.03. The predicted molar refractivity (Wildman–Crippen MR) is 94.0 cm³/mol. The van der Waals surface area contributed by atoms with Crippen LogP contribution in [0, 0.1) is 5.92 Å². The molecule has 0 spiro atoms. The third-order valence-corrected chi connectivity index (χ3v) is 4.38. The maximum absolute atomic E-state index is 12.5. The quantitative estimate of drug-likeness (QED) is 0.865. The van der Waals surface area contributed by atoms with Gasteiger partial charge in [-0.25, -0.2) is 4.68 Å². The molecule has 0 bridgehead atoms. The molecule has 25 heavy (non-hydrogen) atoms. The van der Waals surface area contributed by atoms with Crippen molar-refractivity contribution < 1.29 is 9.53 Å². The first-order valence-electron chi connectivity index (χ1n) is 8.33. The Morgan fingerprint density at radius 1 is 1.32 bits per heavy atom. The molecule has 2 aromatic rings. The largest absolute Gasteiger partial charge is 0.465 e. The molecule has 1 N–H and O–H groups in total. The highest BCUT2D eigenvalue weighted by atomic mass is 16.5. The molecule has 1 aromatic carbocycles. The Morgan fingerprint density at radius 3 is 2.60 bits per heavy atom. The van der Waals surface area contributed by atoms with E-state index in [9.17, 15) is 4.79 Å². The van der Waals surface area contributed by atoms with Gasteiger partial charge in [0.25, 0.3) is 0 Å². The number of tetrazole rings is 1. The lowest BCUT2D eigenvalue weighted by Crippen LogP contribution is -2.37. The monoisotopic (exact) mass is 341 g/mol. The van der Waals surface area contributed by atoms with Gasteiger partial charge in [0.1, 0.15) is 12.0 Å². The van der Waals surface area contributed by atoms with Crippen LogP contribution in [-0.4, -0.2) is 32.8 Å². The second-order valence-corrected chi connectivity index (χ2v) is 7.14. The van der Waals surface area contributed by atoms with E-state index in [0.29, 0.717) is 18.3 Å². The number of hydrogen-bond donors (Lipinski definition) is 1. The van der Waals surface area contributed by atoms with Crippen LogP contribution in [0.4, 0.5) is 5.95 Å². The predicted octanol–water partition coefficient (Wildman–Crippen LogP) is 2.68. The maximum Gasteiger partial charge on any atom is 0.317 e. The van der Waals surface area contributed by atoms with Crippen molar-refractivity contribution in [3.63, 3.8) is 0 Å². The molecule has 7 nitrogen and oxygen atoms in total. The van der Waals surface area contributed by atoms with E-state index in [1.165, 1.54) is 5.56 Å². The molecule has 1 aromatic heterocycles. The Hall–Kier alpha value is -2.70. The summed E-state index contributed by atoms with van der Waals surface area (Å²) in [6, 6.07) is 7.79. The lowest BCUT2D eigenvalue weighted by atomic mass is 9.84. The number of ether oxygens (including phenoxy) is 1. The van der Waals surface area contributed by atoms with E-state index in [2.05, 4.69) is 60.3 Å². The molecule has 1 aliphatic rings. The summed E-state index contributed by atoms with van der Waals surface area (Å²) < 4.78 is 6.86. The van der Waals surface area contributed by atoms with Crippen LogP contribution >= 0.6 is 0 Å². The van der Waals surface area contributed by atoms with E-state index in [1.54, 1.807) is 11.6 Å². The van der Waals surface area contributed by atoms with Crippen LogP contribution < -0.4 is 5.32 Å². The highest BCUT2D eigenvalue weighted by molar-refractivity contribution is 5.79. The average molecular weight is 341 g/mol. The van der Waals surface area contributed by atoms with Gasteiger partial charge in [0.15, 0.2) is 0 Å². The average Bonchev–Trinajstić information content (AvgIpc) is 3.00. The summed E-state index contributed by atoms with van der Waals surface area (Å²) >= 11 is 0. The fraction of sp³-hybridized carbons (Fsp3) is 0.444. The first-order valence-corrected chi connectivity index (χ1v) is 8.33. The van der Waals surface area contributed by atoms with Gasteiger partial charge in [-0.2, -0.15) is 0 Å². The number of nitrogens with one attached hydrogen (secondary N) is 1. The van der Waals surface area contributed by atoms with Gasteiger partial charge in [0.2, 0.25) is 5.95 Å². The summed E-state index contributed by atoms with van der Waals surface area (Å²) in [7, 11) is 0. The first-order chi connectivity index (χ1) is 11.8. The van der Waals surface area contributed by atoms with Crippen LogP contribution in [0.25, 0.3) is 0 Å². The number of rotatable bonds is 3. The number of hydrogen-bond acceptors (Lipinski definition) is 6. The normalized spacial score (nSPS) is 19.9. The number of esters is 1. The van der Waals surface area contributed by atoms with Gasteiger partial charge in [-0.3, -0.25) is 4.79 Å². The van der Waals surface area contributed by atoms with Crippen molar-refractivity contribution in [2.24, 2.45) is 5.92 Å². The van der Waals surface area contributed by atoms with Crippen molar-refractivity contribution in [1.29, 1.82) is 0 Å². The zero-order valence-electron chi connectivity index (χ0n) is 15.0. The Bertz CT molecular complexity index is 789. The van der Waals surface area contributed by atoms with Gasteiger partial charge in [-0.15, -0.1) is 0 Å². The van der Waals surface area contributed by atoms with Gasteiger partial charge in [-0.1, -0.05) is 56.7 Å². The Labute approximate surface area is 147 Å². The van der Waals surface area contributed by atoms with Crippen LogP contribution in [0.1, 0.15) is 44.9 Å². The molecule has 0 radical (unpaired) electrons. The zero-order valence-corrected chi connectivity index (χ0v) is 15.0. The van der Waals surface area contributed by atoms with Crippen molar-refractivity contribution >= 4 is 11.9 Å². The van der Waals surface area contributed by atoms with Gasteiger partial charge in [0, 0.05) is 5.70 Å². The number of fused-ring (bicyclic) bond motifs is 1. The highest BCUT2D eigenvalue weighted by Gasteiger charge is 2.41. The number of nitrogens with zero attached hydrogens (tertiary/aromatic N) is 4. The summed E-state index contributed by atoms with van der Waals surface area (Å²) in [5.74, 6) is -0.474. The van der Waals surface area contributed by atoms with Crippen LogP contribution in [0.5, 0.6) is 0 Å². The number of carbonyl (C=O) groups is 1. The molecule has 0 saturated carbocycles. The highest BCUT2D eigenvalue weighted by Crippen LogP contribution is 2.38. The Kier molecular flexibility index (Phi) is 4.32. The van der Waals surface area contributed by atoms with Crippen molar-refractivity contribution in [3.05, 3.63) is 47.7 Å². The molecule has 132 valence electrons. The molecule has 1 aliphatic heterocycles. The van der Waals surface area contributed by atoms with Crippen molar-refractivity contribution in [2.45, 2.75) is 39.2 Å². The lowest BCUT2D eigenvalue weighted by molar-refractivity contribution is -0.147. The molecular formula is C18H23N5O2. The molecule has 0 aliphatic carbocycles. The number of anilines is 1. The lowest BCUT2D eigenvalue weighted by Gasteiger charge is -2.32. The van der Waals surface area contributed by atoms with E-state index in [-0.39, 0.29) is 11.4 Å². The third-order valence-electron chi connectivity index (χ3n) is 4.38. The van der Waals surface area contributed by atoms with E-state index < -0.39 is 12.0 Å². The summed E-state index contributed by atoms with van der Waals surface area (Å²) in [6.07, 6.45) is 0. The summed E-state index contributed by atoms with van der Waals surface area (Å²) in [6.45, 7) is 12.6. The SMILES string of the molecule is C=C1Nc2nnnn2[C@@H](c2ccc(C(C)(C)C)cc2)[C@@H]1C(=O)OCC. The van der Waals surface area contributed by atoms with Crippen LogP contribution in [0.15, 0.2) is 36.5 Å². The molecule has 0 amide bonds. The van der Waals surface area contributed by atoms with Gasteiger partial charge < -0.3 is 10.1 Å². The molecule has 2 atom stereocenters. The molecule has 0 fully saturated rings. The van der Waals surface area contributed by atoms with Crippen LogP contribution in [0.2, 0.25) is 0 Å². The summed E-state index contributed by atoms with van der Waals surface area (Å²) in [4.78, 5) is 12.5. The van der Waals surface area contributed by atoms with Gasteiger partial charge in [-0.05, 0) is 33.9 Å². The van der Waals surface area contributed by atoms with Crippen LogP contribution in [-0.2, 0) is 14.9 Å². The Morgan fingerprint density at radius 2 is 2.00 bits per heavy atom. The van der Waals surface area contributed by atoms with Crippen LogP contribution in [0.3, 0.4) is 0 Å². The van der Waals surface area contributed by atoms with E-state index >= 15 is 0 Å². The second-order valence-electron chi connectivity index (χ2n) is 7.14. The van der Waals surface area contributed by atoms with E-state index in [1.807, 2.05) is 12.1 Å². The first kappa shape index (κ1) is 17.1. The second kappa shape index (κ2) is 6.31. The van der Waals surface area contributed by atoms with Crippen molar-refractivity contribution in [2.75, 3.05) is 11.9 Å². The van der Waals surface area contributed by atoms with E-state index in [0.717, 1.165) is 5.56 Å². The topological polar surface area (TPSA) is 81.9 Å². The fourth-order valence-corrected chi connectivity index (χ4v) is 3.03. The molecule has 3 rings (SSSR count). The van der Waals surface area contributed by atoms with Gasteiger partial charge in [0.05, 0.1) is 6.61 Å². The minimum Gasteiger partial charge on any atom is -0.465 e. The van der Waals surface area contributed by atoms with Crippen molar-refractivity contribution in [1.82, 2.24) is 20.2 Å². The molecular weight excluding hydrogens is 318 g/mol. The standard InChI is InChI=1S/C18H23N5O2/c1-6-25-16(24)14-11(2)19-17-20-21-22-23(17)15(14)12-7-9-13(10-8-12)18(3,4)5/h7-10,14-15H,2,6H2,1,3-5H3,(H,19,20,22)/t14-,15+/m1/s1. The van der Waals surface area contributed by atoms with Crippen molar-refractivity contribution in [3.8, 4) is 0 Å². The summed E-state index contributed by atoms with van der Waals surface area (Å²) in [5.41, 5.74) is 2.73. The number of aromatic nitrogens is 4. The molecule has 0 unspecified atom stereocenters. The number of benzene rings is 1. The van der Waals surface area contributed by atoms with Gasteiger partial charge >= 0.3 is 5.97 Å². The minimum absolute atomic E-state index is 0.0523. The number of carbonyl (C=O) groups excluding carboxylic acids is 1. The minimum atomic E-state index is -0.601. The molecule has 0 saturated heterocycles. The maximum atomic E-state index is 12.5. The van der Waals surface area contributed by atoms with E-state index in [4.69, 9.17) is 4.74 Å². The Balaban J connectivity index is 2.06. The third kappa shape index (κ3) is 3.14. The molecule has 7 heteroatoms. The zero-order chi connectivity index (χ0) is 18.2. The smallest absolute Gasteiger partial charge is 0.317 e. The molecule has 2 heterocycles. The summed E-state index contributed by atoms with van der Waals surface area (Å²) in [5, 5.41) is 14.7.